The summed E-state index contributed by atoms with van der Waals surface area (Å²) in [5.74, 6) is 1.85. The molecule has 0 aliphatic rings. The van der Waals surface area contributed by atoms with Gasteiger partial charge in [0.1, 0.15) is 11.5 Å². The first kappa shape index (κ1) is 21.3. The van der Waals surface area contributed by atoms with Gasteiger partial charge in [0.15, 0.2) is 5.82 Å². The third-order valence-corrected chi connectivity index (χ3v) is 5.11. The van der Waals surface area contributed by atoms with Crippen molar-refractivity contribution in [3.05, 3.63) is 95.1 Å². The van der Waals surface area contributed by atoms with E-state index < -0.39 is 0 Å². The lowest BCUT2D eigenvalue weighted by Crippen LogP contribution is -2.12. The Morgan fingerprint density at radius 1 is 0.969 bits per heavy atom. The maximum Gasteiger partial charge on any atom is 0.255 e. The van der Waals surface area contributed by atoms with E-state index >= 15 is 0 Å². The Kier molecular flexibility index (Phi) is 6.33. The first-order chi connectivity index (χ1) is 15.5. The van der Waals surface area contributed by atoms with Crippen molar-refractivity contribution in [3.63, 3.8) is 0 Å². The van der Waals surface area contributed by atoms with Gasteiger partial charge >= 0.3 is 0 Å². The highest BCUT2D eigenvalue weighted by Gasteiger charge is 2.11. The number of anilines is 1. The van der Waals surface area contributed by atoms with Crippen molar-refractivity contribution < 1.29 is 14.3 Å². The summed E-state index contributed by atoms with van der Waals surface area (Å²) in [6.07, 6.45) is 1.61. The molecule has 1 N–H and O–H groups in total. The van der Waals surface area contributed by atoms with Crippen LogP contribution in [0, 0.1) is 6.92 Å². The molecule has 6 nitrogen and oxygen atoms in total. The van der Waals surface area contributed by atoms with Gasteiger partial charge in [-0.05, 0) is 48.9 Å². The van der Waals surface area contributed by atoms with Gasteiger partial charge in [-0.15, -0.1) is 0 Å². The standard InChI is InChI=1S/C25H20ClN3O3/c1-16-9-10-19(14-22(16)26)28-25(30)18-6-3-5-17(13-18)24-27-12-11-23(29-24)32-21-8-4-7-20(15-21)31-2/h3-15H,1-2H3,(H,28,30). The second-order valence-electron chi connectivity index (χ2n) is 7.00. The molecule has 0 bridgehead atoms. The average molecular weight is 446 g/mol. The molecule has 1 amide bonds. The molecule has 0 spiro atoms. The number of nitrogens with zero attached hydrogens (tertiary/aromatic N) is 2. The number of benzene rings is 3. The smallest absolute Gasteiger partial charge is 0.255 e. The fourth-order valence-electron chi connectivity index (χ4n) is 3.00. The molecule has 0 atom stereocenters. The summed E-state index contributed by atoms with van der Waals surface area (Å²) < 4.78 is 11.1. The summed E-state index contributed by atoms with van der Waals surface area (Å²) in [5.41, 5.74) is 2.73. The van der Waals surface area contributed by atoms with Crippen LogP contribution in [-0.2, 0) is 0 Å². The first-order valence-electron chi connectivity index (χ1n) is 9.85. The molecule has 4 rings (SSSR count). The van der Waals surface area contributed by atoms with Crippen LogP contribution in [0.25, 0.3) is 11.4 Å². The zero-order valence-electron chi connectivity index (χ0n) is 17.5. The Labute approximate surface area is 190 Å². The number of halogens is 1. The lowest BCUT2D eigenvalue weighted by atomic mass is 10.1. The van der Waals surface area contributed by atoms with E-state index in [2.05, 4.69) is 15.3 Å². The van der Waals surface area contributed by atoms with Crippen LogP contribution in [0.2, 0.25) is 5.02 Å². The van der Waals surface area contributed by atoms with Gasteiger partial charge < -0.3 is 14.8 Å². The van der Waals surface area contributed by atoms with Crippen molar-refractivity contribution in [2.24, 2.45) is 0 Å². The molecule has 7 heteroatoms. The molecule has 160 valence electrons. The number of hydrogen-bond acceptors (Lipinski definition) is 5. The highest BCUT2D eigenvalue weighted by Crippen LogP contribution is 2.26. The SMILES string of the molecule is COc1cccc(Oc2ccnc(-c3cccc(C(=O)Nc4ccc(C)c(Cl)c4)c3)n2)c1. The van der Waals surface area contributed by atoms with Crippen LogP contribution in [0.1, 0.15) is 15.9 Å². The second kappa shape index (κ2) is 9.49. The number of amides is 1. The number of hydrogen-bond donors (Lipinski definition) is 1. The maximum absolute atomic E-state index is 12.7. The predicted molar refractivity (Wildman–Crippen MR) is 125 cm³/mol. The van der Waals surface area contributed by atoms with E-state index in [9.17, 15) is 4.79 Å². The van der Waals surface area contributed by atoms with Gasteiger partial charge in [-0.25, -0.2) is 4.98 Å². The number of aryl methyl sites for hydroxylation is 1. The minimum Gasteiger partial charge on any atom is -0.497 e. The zero-order valence-corrected chi connectivity index (χ0v) is 18.3. The van der Waals surface area contributed by atoms with Gasteiger partial charge in [0.25, 0.3) is 5.91 Å². The second-order valence-corrected chi connectivity index (χ2v) is 7.41. The Bertz CT molecular complexity index is 1280. The molecule has 0 saturated heterocycles. The Balaban J connectivity index is 1.54. The van der Waals surface area contributed by atoms with Gasteiger partial charge in [0, 0.05) is 40.2 Å². The molecule has 0 aliphatic carbocycles. The monoisotopic (exact) mass is 445 g/mol. The topological polar surface area (TPSA) is 73.3 Å². The van der Waals surface area contributed by atoms with E-state index in [1.54, 1.807) is 49.7 Å². The molecule has 0 fully saturated rings. The van der Waals surface area contributed by atoms with E-state index in [-0.39, 0.29) is 5.91 Å². The number of rotatable bonds is 6. The first-order valence-corrected chi connectivity index (χ1v) is 10.2. The molecule has 1 heterocycles. The fourth-order valence-corrected chi connectivity index (χ4v) is 3.18. The summed E-state index contributed by atoms with van der Waals surface area (Å²) >= 11 is 6.15. The summed E-state index contributed by atoms with van der Waals surface area (Å²) in [5, 5.41) is 3.45. The number of nitrogens with one attached hydrogen (secondary N) is 1. The summed E-state index contributed by atoms with van der Waals surface area (Å²) in [7, 11) is 1.60. The van der Waals surface area contributed by atoms with E-state index in [1.807, 2.05) is 43.3 Å². The fraction of sp³-hybridized carbons (Fsp3) is 0.0800. The molecule has 0 radical (unpaired) electrons. The average Bonchev–Trinajstić information content (AvgIpc) is 2.82. The van der Waals surface area contributed by atoms with Crippen molar-refractivity contribution >= 4 is 23.2 Å². The van der Waals surface area contributed by atoms with Crippen LogP contribution in [0.4, 0.5) is 5.69 Å². The quantitative estimate of drug-likeness (QED) is 0.385. The van der Waals surface area contributed by atoms with Gasteiger partial charge in [-0.1, -0.05) is 35.9 Å². The molecule has 0 saturated carbocycles. The van der Waals surface area contributed by atoms with Crippen LogP contribution in [0.15, 0.2) is 79.0 Å². The Morgan fingerprint density at radius 3 is 2.59 bits per heavy atom. The number of carbonyl (C=O) groups is 1. The van der Waals surface area contributed by atoms with Crippen LogP contribution >= 0.6 is 11.6 Å². The van der Waals surface area contributed by atoms with Crippen molar-refractivity contribution in [3.8, 4) is 28.8 Å². The number of methoxy groups -OCH3 is 1. The van der Waals surface area contributed by atoms with Crippen molar-refractivity contribution in [2.75, 3.05) is 12.4 Å². The van der Waals surface area contributed by atoms with E-state index in [0.29, 0.717) is 45.0 Å². The minimum absolute atomic E-state index is 0.254. The number of aromatic nitrogens is 2. The highest BCUT2D eigenvalue weighted by atomic mass is 35.5. The molecule has 1 aromatic heterocycles. The summed E-state index contributed by atoms with van der Waals surface area (Å²) in [4.78, 5) is 21.5. The Morgan fingerprint density at radius 2 is 1.78 bits per heavy atom. The summed E-state index contributed by atoms with van der Waals surface area (Å²) in [6, 6.07) is 21.4. The molecule has 32 heavy (non-hydrogen) atoms. The van der Waals surface area contributed by atoms with Crippen LogP contribution < -0.4 is 14.8 Å². The third kappa shape index (κ3) is 5.04. The summed E-state index contributed by atoms with van der Waals surface area (Å²) in [6.45, 7) is 1.91. The van der Waals surface area contributed by atoms with Crippen molar-refractivity contribution in [1.82, 2.24) is 9.97 Å². The molecular formula is C25H20ClN3O3. The Hall–Kier alpha value is -3.90. The van der Waals surface area contributed by atoms with Crippen molar-refractivity contribution in [1.29, 1.82) is 0 Å². The van der Waals surface area contributed by atoms with Crippen LogP contribution in [-0.4, -0.2) is 23.0 Å². The van der Waals surface area contributed by atoms with Crippen LogP contribution in [0.5, 0.6) is 17.4 Å². The molecule has 4 aromatic rings. The van der Waals surface area contributed by atoms with Gasteiger partial charge in [-0.3, -0.25) is 4.79 Å². The molecule has 3 aromatic carbocycles. The molecule has 0 unspecified atom stereocenters. The minimum atomic E-state index is -0.254. The van der Waals surface area contributed by atoms with E-state index in [4.69, 9.17) is 21.1 Å². The molecule has 0 aliphatic heterocycles. The van der Waals surface area contributed by atoms with E-state index in [1.165, 1.54) is 0 Å². The third-order valence-electron chi connectivity index (χ3n) is 4.71. The van der Waals surface area contributed by atoms with Gasteiger partial charge in [0.2, 0.25) is 5.88 Å². The van der Waals surface area contributed by atoms with Gasteiger partial charge in [0.05, 0.1) is 7.11 Å². The lowest BCUT2D eigenvalue weighted by molar-refractivity contribution is 0.102. The zero-order chi connectivity index (χ0) is 22.5. The largest absolute Gasteiger partial charge is 0.497 e. The number of carbonyl (C=O) groups excluding carboxylic acids is 1. The normalized spacial score (nSPS) is 10.5. The highest BCUT2D eigenvalue weighted by molar-refractivity contribution is 6.31. The maximum atomic E-state index is 12.7. The van der Waals surface area contributed by atoms with Crippen molar-refractivity contribution in [2.45, 2.75) is 6.92 Å². The number of ether oxygens (including phenoxy) is 2. The van der Waals surface area contributed by atoms with Crippen LogP contribution in [0.3, 0.4) is 0 Å². The van der Waals surface area contributed by atoms with E-state index in [0.717, 1.165) is 5.56 Å². The lowest BCUT2D eigenvalue weighted by Gasteiger charge is -2.09. The molecular weight excluding hydrogens is 426 g/mol. The predicted octanol–water partition coefficient (Wildman–Crippen LogP) is 6.16. The van der Waals surface area contributed by atoms with Gasteiger partial charge in [-0.2, -0.15) is 4.98 Å².